The third-order valence-corrected chi connectivity index (χ3v) is 7.43. The lowest BCUT2D eigenvalue weighted by atomic mass is 9.81. The van der Waals surface area contributed by atoms with Crippen molar-refractivity contribution in [3.63, 3.8) is 0 Å². The average molecular weight is 446 g/mol. The molecule has 1 saturated heterocycles. The summed E-state index contributed by atoms with van der Waals surface area (Å²) in [7, 11) is 0. The molecule has 0 radical (unpaired) electrons. The number of nitrogens with zero attached hydrogens (tertiary/aromatic N) is 1. The second-order valence-electron chi connectivity index (χ2n) is 9.59. The Morgan fingerprint density at radius 1 is 0.970 bits per heavy atom. The van der Waals surface area contributed by atoms with Crippen molar-refractivity contribution in [2.45, 2.75) is 70.0 Å². The maximum absolute atomic E-state index is 12.9. The van der Waals surface area contributed by atoms with E-state index >= 15 is 0 Å². The van der Waals surface area contributed by atoms with E-state index in [4.69, 9.17) is 0 Å². The molecule has 1 unspecified atom stereocenters. The van der Waals surface area contributed by atoms with Gasteiger partial charge in [-0.2, -0.15) is 0 Å². The van der Waals surface area contributed by atoms with Crippen LogP contribution in [0.1, 0.15) is 66.4 Å². The van der Waals surface area contributed by atoms with Crippen molar-refractivity contribution < 1.29 is 14.4 Å². The Bertz CT molecular complexity index is 1050. The molecule has 1 saturated carbocycles. The van der Waals surface area contributed by atoms with Crippen LogP contribution in [0.5, 0.6) is 0 Å². The molecule has 33 heavy (non-hydrogen) atoms. The summed E-state index contributed by atoms with van der Waals surface area (Å²) in [5.41, 5.74) is 4.05. The first-order valence-electron chi connectivity index (χ1n) is 12.2. The highest BCUT2D eigenvalue weighted by Crippen LogP contribution is 2.33. The summed E-state index contributed by atoms with van der Waals surface area (Å²) in [6.07, 6.45) is 7.88. The van der Waals surface area contributed by atoms with Gasteiger partial charge in [0.25, 0.3) is 5.91 Å². The van der Waals surface area contributed by atoms with Gasteiger partial charge in [-0.1, -0.05) is 43.2 Å². The standard InChI is InChI=1S/C27H31N3O3/c31-25-15-14-24(26(32)29-25)30-17-20-16-21(12-13-22(20)27(30)33)28-23-9-5-4-8-19(23)11-10-18-6-2-1-3-7-18/h1-3,6-7,12-13,16,19,23-24,28H,4-5,8-11,14-15,17H2,(H,29,31,32)/t19-,23+,24?/m1/s1. The van der Waals surface area contributed by atoms with Crippen LogP contribution in [0, 0.1) is 5.92 Å². The van der Waals surface area contributed by atoms with Crippen LogP contribution in [0.2, 0.25) is 0 Å². The molecule has 6 heteroatoms. The fourth-order valence-corrected chi connectivity index (χ4v) is 5.62. The monoisotopic (exact) mass is 445 g/mol. The van der Waals surface area contributed by atoms with Crippen LogP contribution < -0.4 is 10.6 Å². The lowest BCUT2D eigenvalue weighted by molar-refractivity contribution is -0.136. The Hall–Kier alpha value is -3.15. The summed E-state index contributed by atoms with van der Waals surface area (Å²) < 4.78 is 0. The Morgan fingerprint density at radius 3 is 2.61 bits per heavy atom. The van der Waals surface area contributed by atoms with Gasteiger partial charge in [0, 0.05) is 30.3 Å². The van der Waals surface area contributed by atoms with E-state index in [1.807, 2.05) is 12.1 Å². The minimum Gasteiger partial charge on any atom is -0.382 e. The minimum absolute atomic E-state index is 0.121. The quantitative estimate of drug-likeness (QED) is 0.658. The molecule has 2 aromatic carbocycles. The van der Waals surface area contributed by atoms with Gasteiger partial charge in [0.05, 0.1) is 0 Å². The summed E-state index contributed by atoms with van der Waals surface area (Å²) >= 11 is 0. The van der Waals surface area contributed by atoms with Crippen LogP contribution >= 0.6 is 0 Å². The first-order valence-corrected chi connectivity index (χ1v) is 12.2. The van der Waals surface area contributed by atoms with E-state index in [0.29, 0.717) is 30.5 Å². The largest absolute Gasteiger partial charge is 0.382 e. The van der Waals surface area contributed by atoms with Crippen molar-refractivity contribution in [2.24, 2.45) is 5.92 Å². The second-order valence-corrected chi connectivity index (χ2v) is 9.59. The normalized spacial score (nSPS) is 25.0. The SMILES string of the molecule is O=C1CCC(N2Cc3cc(N[C@H]4CCCC[C@@H]4CCc4ccccc4)ccc3C2=O)C(=O)N1. The number of aryl methyl sites for hydroxylation is 1. The first-order chi connectivity index (χ1) is 16.1. The van der Waals surface area contributed by atoms with E-state index in [1.54, 1.807) is 4.90 Å². The Labute approximate surface area is 194 Å². The van der Waals surface area contributed by atoms with Gasteiger partial charge >= 0.3 is 0 Å². The number of fused-ring (bicyclic) bond motifs is 1. The number of carbonyl (C=O) groups is 3. The maximum Gasteiger partial charge on any atom is 0.255 e. The van der Waals surface area contributed by atoms with Gasteiger partial charge in [-0.05, 0) is 67.3 Å². The topological polar surface area (TPSA) is 78.5 Å². The minimum atomic E-state index is -0.570. The average Bonchev–Trinajstić information content (AvgIpc) is 3.14. The molecule has 2 fully saturated rings. The molecule has 3 atom stereocenters. The molecule has 3 amide bonds. The summed E-state index contributed by atoms with van der Waals surface area (Å²) in [5.74, 6) is -0.117. The number of anilines is 1. The van der Waals surface area contributed by atoms with E-state index in [2.05, 4.69) is 47.0 Å². The molecule has 2 aromatic rings. The van der Waals surface area contributed by atoms with Crippen LogP contribution in [0.3, 0.4) is 0 Å². The lowest BCUT2D eigenvalue weighted by Gasteiger charge is -2.33. The molecular formula is C27H31N3O3. The molecule has 6 nitrogen and oxygen atoms in total. The fraction of sp³-hybridized carbons (Fsp3) is 0.444. The molecular weight excluding hydrogens is 414 g/mol. The van der Waals surface area contributed by atoms with Gasteiger partial charge in [0.1, 0.15) is 6.04 Å². The number of rotatable bonds is 6. The zero-order valence-corrected chi connectivity index (χ0v) is 18.9. The zero-order chi connectivity index (χ0) is 22.8. The number of imide groups is 1. The molecule has 3 aliphatic rings. The summed E-state index contributed by atoms with van der Waals surface area (Å²) in [6.45, 7) is 0.415. The highest BCUT2D eigenvalue weighted by molar-refractivity contribution is 6.05. The third kappa shape index (κ3) is 4.65. The number of carbonyl (C=O) groups excluding carboxylic acids is 3. The number of benzene rings is 2. The summed E-state index contributed by atoms with van der Waals surface area (Å²) in [4.78, 5) is 38.3. The van der Waals surface area contributed by atoms with Crippen molar-refractivity contribution >= 4 is 23.4 Å². The van der Waals surface area contributed by atoms with Gasteiger partial charge < -0.3 is 10.2 Å². The Morgan fingerprint density at radius 2 is 1.79 bits per heavy atom. The highest BCUT2D eigenvalue weighted by Gasteiger charge is 2.39. The van der Waals surface area contributed by atoms with Crippen molar-refractivity contribution in [2.75, 3.05) is 5.32 Å². The number of piperidine rings is 1. The van der Waals surface area contributed by atoms with Crippen LogP contribution in [-0.2, 0) is 22.6 Å². The van der Waals surface area contributed by atoms with Crippen LogP contribution in [-0.4, -0.2) is 34.7 Å². The van der Waals surface area contributed by atoms with E-state index < -0.39 is 6.04 Å². The predicted molar refractivity (Wildman–Crippen MR) is 127 cm³/mol. The van der Waals surface area contributed by atoms with E-state index in [9.17, 15) is 14.4 Å². The molecule has 1 aliphatic carbocycles. The van der Waals surface area contributed by atoms with Crippen LogP contribution in [0.15, 0.2) is 48.5 Å². The number of hydrogen-bond donors (Lipinski definition) is 2. The van der Waals surface area contributed by atoms with Gasteiger partial charge in [0.15, 0.2) is 0 Å². The molecule has 0 spiro atoms. The fourth-order valence-electron chi connectivity index (χ4n) is 5.62. The summed E-state index contributed by atoms with van der Waals surface area (Å²) in [6, 6.07) is 16.5. The molecule has 5 rings (SSSR count). The van der Waals surface area contributed by atoms with Crippen LogP contribution in [0.25, 0.3) is 0 Å². The van der Waals surface area contributed by atoms with E-state index in [1.165, 1.54) is 31.2 Å². The van der Waals surface area contributed by atoms with E-state index in [-0.39, 0.29) is 24.1 Å². The maximum atomic E-state index is 12.9. The van der Waals surface area contributed by atoms with Gasteiger partial charge in [0.2, 0.25) is 11.8 Å². The molecule has 0 aromatic heterocycles. The third-order valence-electron chi connectivity index (χ3n) is 7.43. The first kappa shape index (κ1) is 21.7. The van der Waals surface area contributed by atoms with Crippen molar-refractivity contribution in [1.29, 1.82) is 0 Å². The van der Waals surface area contributed by atoms with Crippen LogP contribution in [0.4, 0.5) is 5.69 Å². The predicted octanol–water partition coefficient (Wildman–Crippen LogP) is 4.05. The smallest absolute Gasteiger partial charge is 0.255 e. The molecule has 2 heterocycles. The second kappa shape index (κ2) is 9.38. The van der Waals surface area contributed by atoms with Gasteiger partial charge in [-0.3, -0.25) is 19.7 Å². The number of hydrogen-bond acceptors (Lipinski definition) is 4. The Balaban J connectivity index is 1.25. The van der Waals surface area contributed by atoms with Gasteiger partial charge in [-0.25, -0.2) is 0 Å². The highest BCUT2D eigenvalue weighted by atomic mass is 16.2. The van der Waals surface area contributed by atoms with E-state index in [0.717, 1.165) is 24.1 Å². The molecule has 2 N–H and O–H groups in total. The summed E-state index contributed by atoms with van der Waals surface area (Å²) in [5, 5.41) is 6.13. The van der Waals surface area contributed by atoms with Crippen molar-refractivity contribution in [3.05, 3.63) is 65.2 Å². The van der Waals surface area contributed by atoms with Crippen molar-refractivity contribution in [1.82, 2.24) is 10.2 Å². The molecule has 0 bridgehead atoms. The van der Waals surface area contributed by atoms with Crippen molar-refractivity contribution in [3.8, 4) is 0 Å². The Kier molecular flexibility index (Phi) is 6.16. The number of amides is 3. The zero-order valence-electron chi connectivity index (χ0n) is 18.9. The lowest BCUT2D eigenvalue weighted by Crippen LogP contribution is -2.52. The molecule has 2 aliphatic heterocycles. The molecule has 172 valence electrons. The van der Waals surface area contributed by atoms with Gasteiger partial charge in [-0.15, -0.1) is 0 Å². The number of nitrogens with one attached hydrogen (secondary N) is 2.